The first-order valence-corrected chi connectivity index (χ1v) is 12.1. The molecule has 158 valence electrons. The van der Waals surface area contributed by atoms with Crippen LogP contribution in [0.25, 0.3) is 10.2 Å². The quantitative estimate of drug-likeness (QED) is 0.636. The maximum absolute atomic E-state index is 12.8. The summed E-state index contributed by atoms with van der Waals surface area (Å²) in [7, 11) is -3.65. The van der Waals surface area contributed by atoms with Crippen LogP contribution in [-0.2, 0) is 21.4 Å². The lowest BCUT2D eigenvalue weighted by Gasteiger charge is -2.34. The molecule has 1 amide bonds. The molecule has 30 heavy (non-hydrogen) atoms. The fraction of sp³-hybridized carbons (Fsp3) is 0.263. The van der Waals surface area contributed by atoms with Crippen molar-refractivity contribution in [1.29, 1.82) is 0 Å². The maximum atomic E-state index is 12.8. The Hall–Kier alpha value is -2.56. The number of amides is 1. The molecule has 0 bridgehead atoms. The number of carbonyl (C=O) groups excluding carboxylic acids is 1. The maximum Gasteiger partial charge on any atom is 0.308 e. The van der Waals surface area contributed by atoms with Gasteiger partial charge >= 0.3 is 4.87 Å². The minimum atomic E-state index is -3.65. The van der Waals surface area contributed by atoms with Crippen LogP contribution in [0.4, 0.5) is 11.4 Å². The van der Waals surface area contributed by atoms with Crippen LogP contribution in [0.2, 0.25) is 5.02 Å². The zero-order valence-corrected chi connectivity index (χ0v) is 18.5. The number of hydrogen-bond acceptors (Lipinski definition) is 6. The van der Waals surface area contributed by atoms with Crippen molar-refractivity contribution >= 4 is 60.5 Å². The highest BCUT2D eigenvalue weighted by atomic mass is 35.5. The van der Waals surface area contributed by atoms with Gasteiger partial charge in [0, 0.05) is 17.3 Å². The minimum Gasteiger partial charge on any atom is -0.476 e. The number of sulfonamides is 1. The fourth-order valence-electron chi connectivity index (χ4n) is 3.34. The van der Waals surface area contributed by atoms with Gasteiger partial charge in [0.15, 0.2) is 6.10 Å². The number of benzene rings is 2. The van der Waals surface area contributed by atoms with E-state index in [2.05, 4.69) is 5.32 Å². The van der Waals surface area contributed by atoms with Crippen molar-refractivity contribution in [3.05, 3.63) is 51.1 Å². The third kappa shape index (κ3) is 3.78. The summed E-state index contributed by atoms with van der Waals surface area (Å²) in [5, 5.41) is 3.11. The first kappa shape index (κ1) is 20.7. The summed E-state index contributed by atoms with van der Waals surface area (Å²) in [6, 6.07) is 9.77. The molecule has 1 atom stereocenters. The van der Waals surface area contributed by atoms with Gasteiger partial charge in [-0.25, -0.2) is 8.42 Å². The number of ether oxygens (including phenoxy) is 1. The number of rotatable bonds is 4. The molecule has 2 heterocycles. The molecule has 1 aliphatic heterocycles. The Morgan fingerprint density at radius 1 is 1.30 bits per heavy atom. The van der Waals surface area contributed by atoms with E-state index in [4.69, 9.17) is 16.3 Å². The number of halogens is 1. The van der Waals surface area contributed by atoms with E-state index < -0.39 is 22.0 Å². The van der Waals surface area contributed by atoms with Crippen LogP contribution in [-0.4, -0.2) is 37.8 Å². The predicted octanol–water partition coefficient (Wildman–Crippen LogP) is 2.90. The number of hydrogen-bond donors (Lipinski definition) is 1. The monoisotopic (exact) mass is 467 g/mol. The van der Waals surface area contributed by atoms with Gasteiger partial charge in [0.25, 0.3) is 5.91 Å². The average Bonchev–Trinajstić information content (AvgIpc) is 3.00. The number of aryl methyl sites for hydroxylation is 1. The van der Waals surface area contributed by atoms with E-state index in [1.807, 2.05) is 6.92 Å². The highest BCUT2D eigenvalue weighted by Crippen LogP contribution is 2.37. The first-order chi connectivity index (χ1) is 14.2. The second kappa shape index (κ2) is 7.60. The summed E-state index contributed by atoms with van der Waals surface area (Å²) in [5.41, 5.74) is 1.59. The number of nitrogens with one attached hydrogen (secondary N) is 1. The van der Waals surface area contributed by atoms with Crippen LogP contribution in [0.15, 0.2) is 41.2 Å². The van der Waals surface area contributed by atoms with Crippen molar-refractivity contribution in [3.8, 4) is 5.75 Å². The Balaban J connectivity index is 1.61. The molecule has 0 unspecified atom stereocenters. The lowest BCUT2D eigenvalue weighted by atomic mass is 10.2. The molecule has 3 aromatic rings. The Labute approximate surface area is 181 Å². The molecule has 0 aliphatic carbocycles. The second-order valence-corrected chi connectivity index (χ2v) is 10.1. The predicted molar refractivity (Wildman–Crippen MR) is 118 cm³/mol. The van der Waals surface area contributed by atoms with Crippen molar-refractivity contribution in [2.75, 3.05) is 22.4 Å². The molecule has 0 saturated heterocycles. The fourth-order valence-corrected chi connectivity index (χ4v) is 5.41. The van der Waals surface area contributed by atoms with E-state index in [0.717, 1.165) is 32.1 Å². The molecule has 4 rings (SSSR count). The topological polar surface area (TPSA) is 97.7 Å². The van der Waals surface area contributed by atoms with E-state index in [0.29, 0.717) is 22.9 Å². The summed E-state index contributed by atoms with van der Waals surface area (Å²) in [4.78, 5) is 24.8. The van der Waals surface area contributed by atoms with Crippen molar-refractivity contribution in [3.63, 3.8) is 0 Å². The van der Waals surface area contributed by atoms with Gasteiger partial charge in [0.2, 0.25) is 10.0 Å². The van der Waals surface area contributed by atoms with Crippen molar-refractivity contribution < 1.29 is 17.9 Å². The first-order valence-electron chi connectivity index (χ1n) is 9.05. The Morgan fingerprint density at radius 2 is 2.07 bits per heavy atom. The number of aromatic nitrogens is 1. The van der Waals surface area contributed by atoms with Crippen LogP contribution in [0.1, 0.15) is 6.92 Å². The summed E-state index contributed by atoms with van der Waals surface area (Å²) in [6.45, 7) is 2.27. The Morgan fingerprint density at radius 3 is 2.77 bits per heavy atom. The van der Waals surface area contributed by atoms with Crippen molar-refractivity contribution in [2.45, 2.75) is 19.6 Å². The smallest absolute Gasteiger partial charge is 0.308 e. The van der Waals surface area contributed by atoms with Gasteiger partial charge in [-0.3, -0.25) is 18.5 Å². The lowest BCUT2D eigenvalue weighted by molar-refractivity contribution is -0.122. The van der Waals surface area contributed by atoms with Crippen LogP contribution < -0.4 is 19.2 Å². The number of thiazole rings is 1. The normalized spacial score (nSPS) is 16.2. The SMILES string of the molecule is CCn1c(=O)sc2cc(NC(=O)[C@@H]3CN(S(C)(=O)=O)c4cc(Cl)ccc4O3)ccc21. The van der Waals surface area contributed by atoms with Crippen LogP contribution in [0, 0.1) is 0 Å². The zero-order chi connectivity index (χ0) is 21.6. The third-order valence-corrected chi connectivity index (χ3v) is 7.06. The van der Waals surface area contributed by atoms with Crippen molar-refractivity contribution in [1.82, 2.24) is 4.57 Å². The molecule has 1 aliphatic rings. The molecular weight excluding hydrogens is 450 g/mol. The number of fused-ring (bicyclic) bond motifs is 2. The highest BCUT2D eigenvalue weighted by Gasteiger charge is 2.35. The second-order valence-electron chi connectivity index (χ2n) is 6.80. The molecule has 0 fully saturated rings. The van der Waals surface area contributed by atoms with E-state index in [1.165, 1.54) is 12.1 Å². The Kier molecular flexibility index (Phi) is 5.25. The minimum absolute atomic E-state index is 0.0642. The van der Waals surface area contributed by atoms with Gasteiger partial charge in [-0.1, -0.05) is 22.9 Å². The van der Waals surface area contributed by atoms with E-state index in [-0.39, 0.29) is 17.2 Å². The molecule has 0 radical (unpaired) electrons. The van der Waals surface area contributed by atoms with Crippen LogP contribution in [0.3, 0.4) is 0 Å². The van der Waals surface area contributed by atoms with Gasteiger partial charge in [-0.15, -0.1) is 0 Å². The number of nitrogens with zero attached hydrogens (tertiary/aromatic N) is 2. The zero-order valence-electron chi connectivity index (χ0n) is 16.1. The van der Waals surface area contributed by atoms with Crippen LogP contribution >= 0.6 is 22.9 Å². The van der Waals surface area contributed by atoms with E-state index in [9.17, 15) is 18.0 Å². The summed E-state index contributed by atoms with van der Waals surface area (Å²) >= 11 is 7.09. The van der Waals surface area contributed by atoms with Gasteiger partial charge in [0.1, 0.15) is 5.75 Å². The molecule has 1 aromatic heterocycles. The lowest BCUT2D eigenvalue weighted by Crippen LogP contribution is -2.48. The van der Waals surface area contributed by atoms with Crippen LogP contribution in [0.5, 0.6) is 5.75 Å². The molecule has 8 nitrogen and oxygen atoms in total. The largest absolute Gasteiger partial charge is 0.476 e. The van der Waals surface area contributed by atoms with Crippen molar-refractivity contribution in [2.24, 2.45) is 0 Å². The molecule has 0 saturated carbocycles. The van der Waals surface area contributed by atoms with Gasteiger partial charge in [-0.2, -0.15) is 0 Å². The summed E-state index contributed by atoms with van der Waals surface area (Å²) < 4.78 is 33.8. The Bertz CT molecular complexity index is 1320. The van der Waals surface area contributed by atoms with E-state index in [1.54, 1.807) is 28.8 Å². The highest BCUT2D eigenvalue weighted by molar-refractivity contribution is 7.92. The number of carbonyl (C=O) groups is 1. The average molecular weight is 468 g/mol. The van der Waals surface area contributed by atoms with Gasteiger partial charge in [-0.05, 0) is 43.3 Å². The standard InChI is InChI=1S/C19H18ClN3O5S2/c1-3-22-13-6-5-12(9-17(13)29-19(22)25)21-18(24)16-10-23(30(2,26)27)14-8-11(20)4-7-15(14)28-16/h4-9,16H,3,10H2,1-2H3,(H,21,24)/t16-/m0/s1. The molecular formula is C19H18ClN3O5S2. The molecule has 2 aromatic carbocycles. The van der Waals surface area contributed by atoms with E-state index >= 15 is 0 Å². The molecule has 1 N–H and O–H groups in total. The summed E-state index contributed by atoms with van der Waals surface area (Å²) in [6.07, 6.45) is 0.00899. The molecule has 0 spiro atoms. The van der Waals surface area contributed by atoms with Gasteiger partial charge in [0.05, 0.1) is 28.7 Å². The number of anilines is 2. The van der Waals surface area contributed by atoms with Gasteiger partial charge < -0.3 is 10.1 Å². The molecule has 11 heteroatoms. The summed E-state index contributed by atoms with van der Waals surface area (Å²) in [5.74, 6) is -0.240. The third-order valence-electron chi connectivity index (χ3n) is 4.74.